The lowest BCUT2D eigenvalue weighted by atomic mass is 9.82. The van der Waals surface area contributed by atoms with Crippen LogP contribution in [-0.4, -0.2) is 47.4 Å². The summed E-state index contributed by atoms with van der Waals surface area (Å²) in [4.78, 5) is 33.5. The van der Waals surface area contributed by atoms with Gasteiger partial charge in [0.25, 0.3) is 5.91 Å². The number of benzene rings is 2. The van der Waals surface area contributed by atoms with Crippen LogP contribution in [0.25, 0.3) is 10.9 Å². The number of halogens is 1. The lowest BCUT2D eigenvalue weighted by Gasteiger charge is -2.44. The van der Waals surface area contributed by atoms with Crippen LogP contribution in [0.3, 0.4) is 0 Å². The Balaban J connectivity index is 1.27. The largest absolute Gasteiger partial charge is 0.497 e. The lowest BCUT2D eigenvalue weighted by Crippen LogP contribution is -2.52. The van der Waals surface area contributed by atoms with E-state index in [4.69, 9.17) is 26.1 Å². The maximum atomic E-state index is 13.8. The molecular weight excluding hydrogens is 452 g/mol. The van der Waals surface area contributed by atoms with E-state index in [2.05, 4.69) is 0 Å². The normalized spacial score (nSPS) is 18.5. The van der Waals surface area contributed by atoms with Crippen LogP contribution in [0.1, 0.15) is 57.7 Å². The number of fused-ring (bicyclic) bond motifs is 3. The number of hydrogen-bond acceptors (Lipinski definition) is 5. The summed E-state index contributed by atoms with van der Waals surface area (Å²) in [6.45, 7) is 1.08. The number of rotatable bonds is 2. The highest BCUT2D eigenvalue weighted by atomic mass is 35.5. The molecule has 0 atom stereocenters. The van der Waals surface area contributed by atoms with E-state index in [0.717, 1.165) is 47.0 Å². The molecule has 6 rings (SSSR count). The van der Waals surface area contributed by atoms with Crippen LogP contribution >= 0.6 is 11.6 Å². The molecule has 1 saturated heterocycles. The molecule has 1 spiro atoms. The van der Waals surface area contributed by atoms with E-state index in [1.807, 2.05) is 29.2 Å². The van der Waals surface area contributed by atoms with Gasteiger partial charge in [-0.05, 0) is 61.2 Å². The van der Waals surface area contributed by atoms with Gasteiger partial charge in [-0.3, -0.25) is 14.6 Å². The predicted molar refractivity (Wildman–Crippen MR) is 129 cm³/mol. The fraction of sp³-hybridized carbons (Fsp3) is 0.370. The Kier molecular flexibility index (Phi) is 5.03. The van der Waals surface area contributed by atoms with Gasteiger partial charge in [0.1, 0.15) is 17.1 Å². The van der Waals surface area contributed by atoms with Crippen molar-refractivity contribution in [2.75, 3.05) is 20.2 Å². The first-order chi connectivity index (χ1) is 16.5. The number of hydrogen-bond donors (Lipinski definition) is 0. The van der Waals surface area contributed by atoms with Gasteiger partial charge in [-0.15, -0.1) is 0 Å². The number of Topliss-reactive ketones (excluding diaryl/α,β-unsaturated/α-hetero) is 1. The number of piperidine rings is 1. The number of aryl methyl sites for hydroxylation is 1. The number of nitrogens with zero attached hydrogens (tertiary/aromatic N) is 2. The minimum absolute atomic E-state index is 0.0231. The van der Waals surface area contributed by atoms with Crippen LogP contribution in [0.5, 0.6) is 11.5 Å². The minimum atomic E-state index is -0.568. The molecule has 3 aromatic rings. The maximum absolute atomic E-state index is 13.8. The summed E-state index contributed by atoms with van der Waals surface area (Å²) in [6.07, 6.45) is 4.32. The monoisotopic (exact) mass is 476 g/mol. The number of carbonyl (C=O) groups excluding carboxylic acids is 2. The standard InChI is InChI=1S/C27H25ClN2O4/c1-33-17-6-8-24-20(14-17)23(31)15-27(34-24)9-11-30(12-10-27)26(32)25-18-3-2-4-21(18)29-22-7-5-16(28)13-19(22)25/h5-8,13-14H,2-4,9-12,15H2,1H3. The number of methoxy groups -OCH3 is 1. The average Bonchev–Trinajstić information content (AvgIpc) is 3.30. The van der Waals surface area contributed by atoms with Crippen molar-refractivity contribution < 1.29 is 19.1 Å². The molecule has 2 aliphatic heterocycles. The van der Waals surface area contributed by atoms with Crippen molar-refractivity contribution in [3.8, 4) is 11.5 Å². The van der Waals surface area contributed by atoms with Gasteiger partial charge in [0, 0.05) is 42.0 Å². The molecule has 0 N–H and O–H groups in total. The fourth-order valence-electron chi connectivity index (χ4n) is 5.63. The first-order valence-corrected chi connectivity index (χ1v) is 12.1. The summed E-state index contributed by atoms with van der Waals surface area (Å²) in [5, 5.41) is 1.42. The molecule has 2 aromatic carbocycles. The maximum Gasteiger partial charge on any atom is 0.254 e. The Morgan fingerprint density at radius 3 is 2.76 bits per heavy atom. The van der Waals surface area contributed by atoms with Gasteiger partial charge in [-0.25, -0.2) is 0 Å². The summed E-state index contributed by atoms with van der Waals surface area (Å²) in [7, 11) is 1.58. The fourth-order valence-corrected chi connectivity index (χ4v) is 5.81. The molecule has 174 valence electrons. The zero-order valence-corrected chi connectivity index (χ0v) is 19.8. The molecule has 34 heavy (non-hydrogen) atoms. The Hall–Kier alpha value is -3.12. The van der Waals surface area contributed by atoms with Crippen molar-refractivity contribution in [3.63, 3.8) is 0 Å². The van der Waals surface area contributed by atoms with Gasteiger partial charge in [-0.2, -0.15) is 0 Å². The molecule has 0 bridgehead atoms. The van der Waals surface area contributed by atoms with Gasteiger partial charge in [0.15, 0.2) is 5.78 Å². The van der Waals surface area contributed by atoms with E-state index in [9.17, 15) is 9.59 Å². The van der Waals surface area contributed by atoms with Gasteiger partial charge >= 0.3 is 0 Å². The third kappa shape index (κ3) is 3.43. The number of aromatic nitrogens is 1. The molecule has 3 aliphatic rings. The summed E-state index contributed by atoms with van der Waals surface area (Å²) in [6, 6.07) is 10.9. The predicted octanol–water partition coefficient (Wildman–Crippen LogP) is 5.03. The van der Waals surface area contributed by atoms with E-state index in [-0.39, 0.29) is 11.7 Å². The summed E-state index contributed by atoms with van der Waals surface area (Å²) in [5.74, 6) is 1.33. The highest BCUT2D eigenvalue weighted by Crippen LogP contribution is 2.41. The summed E-state index contributed by atoms with van der Waals surface area (Å²) in [5.41, 5.74) is 3.65. The summed E-state index contributed by atoms with van der Waals surface area (Å²) < 4.78 is 11.6. The zero-order chi connectivity index (χ0) is 23.4. The van der Waals surface area contributed by atoms with E-state index in [1.165, 1.54) is 0 Å². The molecule has 0 saturated carbocycles. The zero-order valence-electron chi connectivity index (χ0n) is 19.0. The second-order valence-corrected chi connectivity index (χ2v) is 9.90. The van der Waals surface area contributed by atoms with Crippen LogP contribution < -0.4 is 9.47 Å². The highest BCUT2D eigenvalue weighted by molar-refractivity contribution is 6.31. The van der Waals surface area contributed by atoms with E-state index in [1.54, 1.807) is 19.2 Å². The highest BCUT2D eigenvalue weighted by Gasteiger charge is 2.44. The molecule has 3 heterocycles. The van der Waals surface area contributed by atoms with Crippen molar-refractivity contribution in [1.29, 1.82) is 0 Å². The Morgan fingerprint density at radius 2 is 1.97 bits per heavy atom. The molecule has 1 fully saturated rings. The number of amides is 1. The molecule has 1 amide bonds. The molecule has 6 nitrogen and oxygen atoms in total. The third-order valence-electron chi connectivity index (χ3n) is 7.45. The molecule has 1 aliphatic carbocycles. The molecule has 7 heteroatoms. The van der Waals surface area contributed by atoms with Crippen LogP contribution in [-0.2, 0) is 12.8 Å². The van der Waals surface area contributed by atoms with Gasteiger partial charge in [0.2, 0.25) is 0 Å². The van der Waals surface area contributed by atoms with Crippen LogP contribution in [0.15, 0.2) is 36.4 Å². The van der Waals surface area contributed by atoms with Gasteiger partial charge < -0.3 is 14.4 Å². The Labute approximate surface area is 202 Å². The van der Waals surface area contributed by atoms with Crippen molar-refractivity contribution in [2.45, 2.75) is 44.1 Å². The van der Waals surface area contributed by atoms with Crippen LogP contribution in [0, 0.1) is 0 Å². The second-order valence-electron chi connectivity index (χ2n) is 9.47. The topological polar surface area (TPSA) is 68.7 Å². The van der Waals surface area contributed by atoms with Crippen LogP contribution in [0.2, 0.25) is 5.02 Å². The van der Waals surface area contributed by atoms with Crippen LogP contribution in [0.4, 0.5) is 0 Å². The van der Waals surface area contributed by atoms with Gasteiger partial charge in [0.05, 0.1) is 30.2 Å². The molecule has 1 aromatic heterocycles. The van der Waals surface area contributed by atoms with Crippen molar-refractivity contribution in [3.05, 3.63) is 63.8 Å². The Bertz CT molecular complexity index is 1340. The third-order valence-corrected chi connectivity index (χ3v) is 7.68. The van der Waals surface area contributed by atoms with Crippen molar-refractivity contribution in [2.24, 2.45) is 0 Å². The first kappa shape index (κ1) is 21.4. The lowest BCUT2D eigenvalue weighted by molar-refractivity contribution is -0.00574. The van der Waals surface area contributed by atoms with E-state index < -0.39 is 5.60 Å². The number of pyridine rings is 1. The number of carbonyl (C=O) groups is 2. The minimum Gasteiger partial charge on any atom is -0.497 e. The second kappa shape index (κ2) is 7.98. The van der Waals surface area contributed by atoms with Crippen molar-refractivity contribution in [1.82, 2.24) is 9.88 Å². The van der Waals surface area contributed by atoms with E-state index >= 15 is 0 Å². The number of ether oxygens (including phenoxy) is 2. The molecular formula is C27H25ClN2O4. The smallest absolute Gasteiger partial charge is 0.254 e. The van der Waals surface area contributed by atoms with Crippen molar-refractivity contribution >= 4 is 34.2 Å². The average molecular weight is 477 g/mol. The number of ketones is 1. The SMILES string of the molecule is COc1ccc2c(c1)C(=O)CC1(CCN(C(=O)c3c4c(nc5ccc(Cl)cc35)CCC4)CC1)O2. The van der Waals surface area contributed by atoms with Gasteiger partial charge in [-0.1, -0.05) is 11.6 Å². The molecule has 0 unspecified atom stereocenters. The molecule has 0 radical (unpaired) electrons. The first-order valence-electron chi connectivity index (χ1n) is 11.8. The van der Waals surface area contributed by atoms with E-state index in [0.29, 0.717) is 54.4 Å². The summed E-state index contributed by atoms with van der Waals surface area (Å²) >= 11 is 6.29. The quantitative estimate of drug-likeness (QED) is 0.519. The Morgan fingerprint density at radius 1 is 1.15 bits per heavy atom. The number of likely N-dealkylation sites (tertiary alicyclic amines) is 1.